The van der Waals surface area contributed by atoms with Gasteiger partial charge < -0.3 is 14.8 Å². The van der Waals surface area contributed by atoms with Gasteiger partial charge in [-0.15, -0.1) is 0 Å². The van der Waals surface area contributed by atoms with E-state index < -0.39 is 5.91 Å². The molecule has 3 rings (SSSR count). The number of hydrogen-bond acceptors (Lipinski definition) is 4. The summed E-state index contributed by atoms with van der Waals surface area (Å²) in [7, 11) is 0. The van der Waals surface area contributed by atoms with Crippen LogP contribution in [0.5, 0.6) is 11.5 Å². The van der Waals surface area contributed by atoms with Gasteiger partial charge in [-0.25, -0.2) is 4.39 Å². The number of carbonyl (C=O) groups excluding carboxylic acids is 1. The second-order valence-corrected chi connectivity index (χ2v) is 8.84. The number of carbonyl (C=O) groups is 1. The lowest BCUT2D eigenvalue weighted by molar-refractivity contribution is -0.112. The Kier molecular flexibility index (Phi) is 8.91. The number of rotatable bonds is 8. The SMILES string of the molecule is CCOc1cc(/C=C(/C#N)C(=O)Nc2ccc(C)c(Cl)c2)cc(I)c1OCc1ccc(F)cc1. The third kappa shape index (κ3) is 6.72. The molecule has 1 amide bonds. The minimum Gasteiger partial charge on any atom is -0.490 e. The van der Waals surface area contributed by atoms with Gasteiger partial charge in [0.2, 0.25) is 0 Å². The lowest BCUT2D eigenvalue weighted by Crippen LogP contribution is -2.13. The number of benzene rings is 3. The van der Waals surface area contributed by atoms with Gasteiger partial charge in [-0.05, 0) is 95.6 Å². The fourth-order valence-corrected chi connectivity index (χ4v) is 3.96. The molecule has 0 saturated carbocycles. The zero-order valence-electron chi connectivity index (χ0n) is 18.5. The topological polar surface area (TPSA) is 71.3 Å². The van der Waals surface area contributed by atoms with Crippen molar-refractivity contribution in [3.63, 3.8) is 0 Å². The van der Waals surface area contributed by atoms with Crippen LogP contribution in [0.2, 0.25) is 5.02 Å². The van der Waals surface area contributed by atoms with Crippen molar-refractivity contribution in [2.24, 2.45) is 0 Å². The highest BCUT2D eigenvalue weighted by Gasteiger charge is 2.15. The molecule has 8 heteroatoms. The van der Waals surface area contributed by atoms with Crippen molar-refractivity contribution in [3.05, 3.63) is 91.3 Å². The number of aryl methyl sites for hydroxylation is 1. The van der Waals surface area contributed by atoms with E-state index in [-0.39, 0.29) is 18.0 Å². The van der Waals surface area contributed by atoms with E-state index >= 15 is 0 Å². The summed E-state index contributed by atoms with van der Waals surface area (Å²) in [5.74, 6) is 0.145. The Morgan fingerprint density at radius 3 is 2.56 bits per heavy atom. The fraction of sp³-hybridized carbons (Fsp3) is 0.154. The predicted octanol–water partition coefficient (Wildman–Crippen LogP) is 6.92. The van der Waals surface area contributed by atoms with Gasteiger partial charge in [-0.1, -0.05) is 29.8 Å². The monoisotopic (exact) mass is 590 g/mol. The third-order valence-corrected chi connectivity index (χ3v) is 5.94. The Hall–Kier alpha value is -3.09. The van der Waals surface area contributed by atoms with E-state index in [1.165, 1.54) is 18.2 Å². The number of ether oxygens (including phenoxy) is 2. The average molecular weight is 591 g/mol. The molecule has 174 valence electrons. The smallest absolute Gasteiger partial charge is 0.266 e. The lowest BCUT2D eigenvalue weighted by atomic mass is 10.1. The van der Waals surface area contributed by atoms with Crippen LogP contribution in [0.3, 0.4) is 0 Å². The fourth-order valence-electron chi connectivity index (χ4n) is 2.99. The Morgan fingerprint density at radius 2 is 1.91 bits per heavy atom. The summed E-state index contributed by atoms with van der Waals surface area (Å²) in [4.78, 5) is 12.7. The molecule has 1 N–H and O–H groups in total. The van der Waals surface area contributed by atoms with E-state index in [1.807, 2.05) is 19.9 Å². The van der Waals surface area contributed by atoms with E-state index in [4.69, 9.17) is 21.1 Å². The van der Waals surface area contributed by atoms with Crippen molar-refractivity contribution in [1.29, 1.82) is 5.26 Å². The van der Waals surface area contributed by atoms with Gasteiger partial charge in [0.25, 0.3) is 5.91 Å². The summed E-state index contributed by atoms with van der Waals surface area (Å²) >= 11 is 8.23. The second-order valence-electron chi connectivity index (χ2n) is 7.27. The maximum Gasteiger partial charge on any atom is 0.266 e. The molecule has 0 aliphatic carbocycles. The van der Waals surface area contributed by atoms with Gasteiger partial charge in [0.05, 0.1) is 10.2 Å². The molecule has 0 saturated heterocycles. The van der Waals surface area contributed by atoms with Gasteiger partial charge in [-0.3, -0.25) is 4.79 Å². The van der Waals surface area contributed by atoms with Crippen LogP contribution >= 0.6 is 34.2 Å². The largest absolute Gasteiger partial charge is 0.490 e. The van der Waals surface area contributed by atoms with Crippen molar-refractivity contribution in [1.82, 2.24) is 0 Å². The molecule has 0 radical (unpaired) electrons. The lowest BCUT2D eigenvalue weighted by Gasteiger charge is -2.15. The third-order valence-electron chi connectivity index (χ3n) is 4.73. The molecule has 0 atom stereocenters. The first-order chi connectivity index (χ1) is 16.3. The number of hydrogen-bond donors (Lipinski definition) is 1. The molecule has 34 heavy (non-hydrogen) atoms. The standard InChI is InChI=1S/C26H21ClFIN2O3/c1-3-33-24-12-18(11-23(29)25(24)34-15-17-5-7-20(28)8-6-17)10-19(14-30)26(32)31-21-9-4-16(2)22(27)13-21/h4-13H,3,15H2,1-2H3,(H,31,32)/b19-10-. The second kappa shape index (κ2) is 11.9. The molecule has 0 fully saturated rings. The van der Waals surface area contributed by atoms with Gasteiger partial charge in [0.15, 0.2) is 11.5 Å². The molecule has 0 aromatic heterocycles. The van der Waals surface area contributed by atoms with Gasteiger partial charge in [-0.2, -0.15) is 5.26 Å². The molecule has 3 aromatic carbocycles. The van der Waals surface area contributed by atoms with Crippen molar-refractivity contribution < 1.29 is 18.7 Å². The summed E-state index contributed by atoms with van der Waals surface area (Å²) in [6.45, 7) is 4.34. The van der Waals surface area contributed by atoms with E-state index in [2.05, 4.69) is 27.9 Å². The molecule has 0 aliphatic heterocycles. The summed E-state index contributed by atoms with van der Waals surface area (Å²) < 4.78 is 25.6. The number of amides is 1. The van der Waals surface area contributed by atoms with Crippen LogP contribution in [-0.4, -0.2) is 12.5 Å². The van der Waals surface area contributed by atoms with Crippen LogP contribution in [0, 0.1) is 27.6 Å². The first-order valence-corrected chi connectivity index (χ1v) is 11.8. The number of nitrogens with one attached hydrogen (secondary N) is 1. The van der Waals surface area contributed by atoms with Crippen LogP contribution < -0.4 is 14.8 Å². The highest BCUT2D eigenvalue weighted by molar-refractivity contribution is 14.1. The molecule has 5 nitrogen and oxygen atoms in total. The van der Waals surface area contributed by atoms with E-state index in [9.17, 15) is 14.4 Å². The number of halogens is 3. The van der Waals surface area contributed by atoms with Crippen molar-refractivity contribution in [3.8, 4) is 17.6 Å². The molecule has 0 bridgehead atoms. The van der Waals surface area contributed by atoms with Crippen LogP contribution in [0.1, 0.15) is 23.6 Å². The predicted molar refractivity (Wildman–Crippen MR) is 139 cm³/mol. The van der Waals surface area contributed by atoms with Gasteiger partial charge in [0, 0.05) is 10.7 Å². The molecule has 0 aliphatic rings. The minimum atomic E-state index is -0.549. The summed E-state index contributed by atoms with van der Waals surface area (Å²) in [5, 5.41) is 12.8. The first-order valence-electron chi connectivity index (χ1n) is 10.3. The first kappa shape index (κ1) is 25.5. The van der Waals surface area contributed by atoms with E-state index in [0.29, 0.717) is 34.4 Å². The zero-order valence-corrected chi connectivity index (χ0v) is 21.4. The van der Waals surface area contributed by atoms with Gasteiger partial charge in [0.1, 0.15) is 24.1 Å². The van der Waals surface area contributed by atoms with Crippen LogP contribution in [0.4, 0.5) is 10.1 Å². The normalized spacial score (nSPS) is 11.0. The number of nitriles is 1. The van der Waals surface area contributed by atoms with E-state index in [1.54, 1.807) is 42.5 Å². The number of anilines is 1. The molecule has 3 aromatic rings. The summed E-state index contributed by atoms with van der Waals surface area (Å²) in [6, 6.07) is 16.6. The Balaban J connectivity index is 1.84. The summed E-state index contributed by atoms with van der Waals surface area (Å²) in [6.07, 6.45) is 1.49. The quantitative estimate of drug-likeness (QED) is 0.176. The Bertz CT molecular complexity index is 1270. The maximum atomic E-state index is 13.1. The summed E-state index contributed by atoms with van der Waals surface area (Å²) in [5.41, 5.74) is 2.72. The van der Waals surface area contributed by atoms with Crippen molar-refractivity contribution in [2.75, 3.05) is 11.9 Å². The van der Waals surface area contributed by atoms with Crippen LogP contribution in [0.15, 0.2) is 60.2 Å². The Labute approximate surface area is 216 Å². The highest BCUT2D eigenvalue weighted by Crippen LogP contribution is 2.35. The molecule has 0 spiro atoms. The maximum absolute atomic E-state index is 13.1. The van der Waals surface area contributed by atoms with Crippen molar-refractivity contribution in [2.45, 2.75) is 20.5 Å². The molecule has 0 unspecified atom stereocenters. The minimum absolute atomic E-state index is 0.0741. The zero-order chi connectivity index (χ0) is 24.7. The number of nitrogens with zero attached hydrogens (tertiary/aromatic N) is 1. The Morgan fingerprint density at radius 1 is 1.18 bits per heavy atom. The van der Waals surface area contributed by atoms with Gasteiger partial charge >= 0.3 is 0 Å². The van der Waals surface area contributed by atoms with Crippen molar-refractivity contribution >= 4 is 51.9 Å². The van der Waals surface area contributed by atoms with E-state index in [0.717, 1.165) is 14.7 Å². The molecular weight excluding hydrogens is 570 g/mol. The molecular formula is C26H21ClFIN2O3. The van der Waals surface area contributed by atoms with Crippen LogP contribution in [0.25, 0.3) is 6.08 Å². The molecule has 0 heterocycles. The highest BCUT2D eigenvalue weighted by atomic mass is 127. The van der Waals surface area contributed by atoms with Crippen LogP contribution in [-0.2, 0) is 11.4 Å². The average Bonchev–Trinajstić information content (AvgIpc) is 2.80.